The molecule has 0 bridgehead atoms. The van der Waals surface area contributed by atoms with Crippen molar-refractivity contribution in [2.45, 2.75) is 0 Å². The van der Waals surface area contributed by atoms with Gasteiger partial charge in [0.2, 0.25) is 0 Å². The van der Waals surface area contributed by atoms with Crippen LogP contribution in [0.2, 0.25) is 0 Å². The molecule has 2 N–H and O–H groups in total. The minimum atomic E-state index is -0.141. The first-order valence-corrected chi connectivity index (χ1v) is 9.29. The average molecular weight is 445 g/mol. The summed E-state index contributed by atoms with van der Waals surface area (Å²) in [6, 6.07) is 12.0. The van der Waals surface area contributed by atoms with E-state index in [2.05, 4.69) is 43.6 Å². The zero-order chi connectivity index (χ0) is 16.5. The Balaban J connectivity index is 1.68. The lowest BCUT2D eigenvalue weighted by atomic mass is 10.1. The number of benzene rings is 1. The zero-order valence-electron chi connectivity index (χ0n) is 12.4. The number of nitrogens with zero attached hydrogens (tertiary/aromatic N) is 1. The minimum absolute atomic E-state index is 0.141. The Bertz CT molecular complexity index is 933. The number of carbonyl (C=O) groups is 1. The molecule has 0 fully saturated rings. The summed E-state index contributed by atoms with van der Waals surface area (Å²) in [7, 11) is 0. The summed E-state index contributed by atoms with van der Waals surface area (Å²) in [5, 5.41) is 10.1. The lowest BCUT2D eigenvalue weighted by Gasteiger charge is -2.04. The summed E-state index contributed by atoms with van der Waals surface area (Å²) in [6.45, 7) is 0. The van der Waals surface area contributed by atoms with Crippen LogP contribution in [0.1, 0.15) is 5.56 Å². The highest BCUT2D eigenvalue weighted by Gasteiger charge is 2.25. The Morgan fingerprint density at radius 1 is 1.17 bits per heavy atom. The van der Waals surface area contributed by atoms with Crippen molar-refractivity contribution in [1.29, 1.82) is 0 Å². The van der Waals surface area contributed by atoms with Crippen LogP contribution < -0.4 is 10.6 Å². The van der Waals surface area contributed by atoms with Crippen LogP contribution in [0, 0.1) is 3.57 Å². The molecule has 0 atom stereocenters. The summed E-state index contributed by atoms with van der Waals surface area (Å²) < 4.78 is 1.17. The molecule has 118 valence electrons. The first-order valence-electron chi connectivity index (χ1n) is 7.27. The van der Waals surface area contributed by atoms with Gasteiger partial charge >= 0.3 is 0 Å². The van der Waals surface area contributed by atoms with Gasteiger partial charge in [-0.15, -0.1) is 0 Å². The normalized spacial score (nSPS) is 14.5. The summed E-state index contributed by atoms with van der Waals surface area (Å²) in [5.41, 5.74) is 4.47. The molecular weight excluding hydrogens is 433 g/mol. The monoisotopic (exact) mass is 445 g/mol. The van der Waals surface area contributed by atoms with Crippen LogP contribution in [0.5, 0.6) is 0 Å². The third kappa shape index (κ3) is 2.94. The molecule has 3 aromatic rings. The van der Waals surface area contributed by atoms with E-state index >= 15 is 0 Å². The molecule has 0 aliphatic carbocycles. The van der Waals surface area contributed by atoms with Crippen LogP contribution in [0.4, 0.5) is 11.5 Å². The number of rotatable bonds is 3. The van der Waals surface area contributed by atoms with Gasteiger partial charge in [-0.05, 0) is 75.3 Å². The van der Waals surface area contributed by atoms with Gasteiger partial charge in [-0.3, -0.25) is 4.79 Å². The summed E-state index contributed by atoms with van der Waals surface area (Å²) in [6.07, 6.45) is 3.53. The van der Waals surface area contributed by atoms with Gasteiger partial charge in [0.1, 0.15) is 5.82 Å². The largest absolute Gasteiger partial charge is 0.361 e. The highest BCUT2D eigenvalue weighted by molar-refractivity contribution is 14.1. The van der Waals surface area contributed by atoms with E-state index in [9.17, 15) is 4.79 Å². The maximum atomic E-state index is 12.2. The van der Waals surface area contributed by atoms with Crippen molar-refractivity contribution in [2.75, 3.05) is 10.6 Å². The molecule has 6 heteroatoms. The quantitative estimate of drug-likeness (QED) is 0.449. The van der Waals surface area contributed by atoms with E-state index in [1.807, 2.05) is 41.8 Å². The molecule has 0 saturated heterocycles. The molecule has 0 saturated carbocycles. The van der Waals surface area contributed by atoms with Crippen LogP contribution in [0.25, 0.3) is 16.7 Å². The Morgan fingerprint density at radius 3 is 2.75 bits per heavy atom. The molecule has 1 aliphatic rings. The third-order valence-corrected chi connectivity index (χ3v) is 5.14. The lowest BCUT2D eigenvalue weighted by Crippen LogP contribution is -2.05. The highest BCUT2D eigenvalue weighted by Crippen LogP contribution is 2.33. The van der Waals surface area contributed by atoms with Gasteiger partial charge in [0.05, 0.1) is 5.57 Å². The SMILES string of the molecule is O=C1Nc2ncc(-c3ccsc3)cc2/C1=C/Nc1ccc(I)cc1. The number of pyridine rings is 1. The molecule has 4 rings (SSSR count). The van der Waals surface area contributed by atoms with E-state index in [0.717, 1.165) is 22.4 Å². The Labute approximate surface area is 156 Å². The Hall–Kier alpha value is -2.19. The van der Waals surface area contributed by atoms with Gasteiger partial charge in [-0.1, -0.05) is 0 Å². The van der Waals surface area contributed by atoms with Crippen molar-refractivity contribution in [1.82, 2.24) is 4.98 Å². The summed E-state index contributed by atoms with van der Waals surface area (Å²) in [5.74, 6) is 0.465. The van der Waals surface area contributed by atoms with E-state index in [-0.39, 0.29) is 5.91 Å². The van der Waals surface area contributed by atoms with E-state index < -0.39 is 0 Å². The second-order valence-corrected chi connectivity index (χ2v) is 7.32. The van der Waals surface area contributed by atoms with Crippen LogP contribution in [0.3, 0.4) is 0 Å². The average Bonchev–Trinajstić information content (AvgIpc) is 3.21. The first-order chi connectivity index (χ1) is 11.7. The summed E-state index contributed by atoms with van der Waals surface area (Å²) >= 11 is 3.90. The molecule has 2 aromatic heterocycles. The standard InChI is InChI=1S/C18H12IN3OS/c19-13-1-3-14(4-2-13)20-9-16-15-7-12(11-5-6-24-10-11)8-21-17(15)22-18(16)23/h1-10,20H,(H,21,22,23)/b16-9-. The fraction of sp³-hybridized carbons (Fsp3) is 0. The lowest BCUT2D eigenvalue weighted by molar-refractivity contribution is -0.110. The van der Waals surface area contributed by atoms with Gasteiger partial charge in [-0.25, -0.2) is 4.98 Å². The second-order valence-electron chi connectivity index (χ2n) is 5.30. The molecule has 1 amide bonds. The number of fused-ring (bicyclic) bond motifs is 1. The van der Waals surface area contributed by atoms with Crippen LogP contribution in [0.15, 0.2) is 59.6 Å². The van der Waals surface area contributed by atoms with Gasteiger partial charge in [-0.2, -0.15) is 11.3 Å². The maximum absolute atomic E-state index is 12.2. The molecular formula is C18H12IN3OS. The molecule has 0 spiro atoms. The van der Waals surface area contributed by atoms with Crippen molar-refractivity contribution < 1.29 is 4.79 Å². The molecule has 1 aliphatic heterocycles. The number of amides is 1. The first kappa shape index (κ1) is 15.3. The number of carbonyl (C=O) groups excluding carboxylic acids is 1. The minimum Gasteiger partial charge on any atom is -0.361 e. The van der Waals surface area contributed by atoms with Crippen molar-refractivity contribution in [3.05, 3.63) is 68.7 Å². The Morgan fingerprint density at radius 2 is 2.00 bits per heavy atom. The van der Waals surface area contributed by atoms with Gasteiger partial charge in [0, 0.05) is 32.8 Å². The van der Waals surface area contributed by atoms with Crippen LogP contribution in [-0.4, -0.2) is 10.9 Å². The Kier molecular flexibility index (Phi) is 4.07. The smallest absolute Gasteiger partial charge is 0.259 e. The van der Waals surface area contributed by atoms with Crippen molar-refractivity contribution in [3.8, 4) is 11.1 Å². The molecule has 1 aromatic carbocycles. The van der Waals surface area contributed by atoms with Gasteiger partial charge in [0.25, 0.3) is 5.91 Å². The number of aromatic nitrogens is 1. The number of nitrogens with one attached hydrogen (secondary N) is 2. The van der Waals surface area contributed by atoms with Gasteiger partial charge < -0.3 is 10.6 Å². The van der Waals surface area contributed by atoms with E-state index in [1.54, 1.807) is 23.7 Å². The number of thiophene rings is 1. The summed E-state index contributed by atoms with van der Waals surface area (Å²) in [4.78, 5) is 16.6. The number of halogens is 1. The molecule has 3 heterocycles. The highest BCUT2D eigenvalue weighted by atomic mass is 127. The second kappa shape index (κ2) is 6.37. The topological polar surface area (TPSA) is 54.0 Å². The van der Waals surface area contributed by atoms with E-state index in [1.165, 1.54) is 3.57 Å². The molecule has 24 heavy (non-hydrogen) atoms. The van der Waals surface area contributed by atoms with E-state index in [4.69, 9.17) is 0 Å². The predicted octanol–water partition coefficient (Wildman–Crippen LogP) is 4.82. The van der Waals surface area contributed by atoms with E-state index in [0.29, 0.717) is 11.4 Å². The van der Waals surface area contributed by atoms with Crippen molar-refractivity contribution in [2.24, 2.45) is 0 Å². The molecule has 4 nitrogen and oxygen atoms in total. The third-order valence-electron chi connectivity index (χ3n) is 3.74. The predicted molar refractivity (Wildman–Crippen MR) is 107 cm³/mol. The molecule has 0 unspecified atom stereocenters. The zero-order valence-corrected chi connectivity index (χ0v) is 15.4. The maximum Gasteiger partial charge on any atom is 0.259 e. The molecule has 0 radical (unpaired) electrons. The van der Waals surface area contributed by atoms with Gasteiger partial charge in [0.15, 0.2) is 0 Å². The van der Waals surface area contributed by atoms with Crippen LogP contribution >= 0.6 is 33.9 Å². The number of hydrogen-bond acceptors (Lipinski definition) is 4. The van der Waals surface area contributed by atoms with Crippen molar-refractivity contribution in [3.63, 3.8) is 0 Å². The van der Waals surface area contributed by atoms with Crippen LogP contribution in [-0.2, 0) is 4.79 Å². The number of hydrogen-bond donors (Lipinski definition) is 2. The fourth-order valence-corrected chi connectivity index (χ4v) is 3.52. The number of anilines is 2. The fourth-order valence-electron chi connectivity index (χ4n) is 2.50. The van der Waals surface area contributed by atoms with Crippen molar-refractivity contribution >= 4 is 56.9 Å².